The first-order valence-electron chi connectivity index (χ1n) is 9.85. The van der Waals surface area contributed by atoms with Crippen molar-refractivity contribution in [2.24, 2.45) is 5.73 Å². The summed E-state index contributed by atoms with van der Waals surface area (Å²) < 4.78 is 17.8. The first-order valence-corrected chi connectivity index (χ1v) is 10.6. The Balaban J connectivity index is 1.76. The fourth-order valence-electron chi connectivity index (χ4n) is 3.72. The summed E-state index contributed by atoms with van der Waals surface area (Å²) in [6.45, 7) is 0.182. The zero-order valence-electron chi connectivity index (χ0n) is 17.5. The molecule has 0 unspecified atom stereocenters. The second-order valence-electron chi connectivity index (χ2n) is 7.23. The third kappa shape index (κ3) is 4.17. The lowest BCUT2D eigenvalue weighted by Gasteiger charge is -2.27. The number of nitrogens with zero attached hydrogens (tertiary/aromatic N) is 2. The zero-order valence-corrected chi connectivity index (χ0v) is 19.1. The molecule has 164 valence electrons. The normalized spacial score (nSPS) is 14.5. The molecule has 0 aromatic heterocycles. The summed E-state index contributed by atoms with van der Waals surface area (Å²) in [5.41, 5.74) is 8.95. The van der Waals surface area contributed by atoms with Crippen LogP contribution in [0.5, 0.6) is 23.0 Å². The number of aromatic hydroxyl groups is 1. The van der Waals surface area contributed by atoms with Crippen LogP contribution in [0.25, 0.3) is 0 Å². The molecule has 3 aromatic carbocycles. The Hall–Kier alpha value is -4.14. The summed E-state index contributed by atoms with van der Waals surface area (Å²) in [7, 11) is 1.52. The number of nitriles is 2. The van der Waals surface area contributed by atoms with Gasteiger partial charge in [-0.2, -0.15) is 10.5 Å². The molecule has 7 nitrogen and oxygen atoms in total. The molecule has 4 rings (SSSR count). The molecule has 3 aromatic rings. The lowest BCUT2D eigenvalue weighted by Crippen LogP contribution is -2.21. The second-order valence-corrected chi connectivity index (χ2v) is 8.08. The first kappa shape index (κ1) is 22.1. The zero-order chi connectivity index (χ0) is 23.5. The van der Waals surface area contributed by atoms with Gasteiger partial charge in [0, 0.05) is 21.7 Å². The van der Waals surface area contributed by atoms with Crippen molar-refractivity contribution in [3.8, 4) is 35.1 Å². The van der Waals surface area contributed by atoms with Gasteiger partial charge in [0.25, 0.3) is 0 Å². The third-order valence-electron chi connectivity index (χ3n) is 5.32. The summed E-state index contributed by atoms with van der Waals surface area (Å²) in [6, 6.07) is 19.7. The Morgan fingerprint density at radius 1 is 1.06 bits per heavy atom. The Kier molecular flexibility index (Phi) is 6.12. The van der Waals surface area contributed by atoms with E-state index in [1.54, 1.807) is 30.3 Å². The lowest BCUT2D eigenvalue weighted by atomic mass is 9.83. The number of hydrogen-bond acceptors (Lipinski definition) is 7. The molecular weight excluding hydrogens is 486 g/mol. The Morgan fingerprint density at radius 3 is 2.58 bits per heavy atom. The maximum atomic E-state index is 9.85. The first-order chi connectivity index (χ1) is 16.0. The van der Waals surface area contributed by atoms with Crippen LogP contribution in [0.3, 0.4) is 0 Å². The number of rotatable bonds is 5. The molecule has 33 heavy (non-hydrogen) atoms. The van der Waals surface area contributed by atoms with Gasteiger partial charge in [0.15, 0.2) is 11.5 Å². The van der Waals surface area contributed by atoms with E-state index in [0.717, 1.165) is 5.56 Å². The maximum absolute atomic E-state index is 9.85. The van der Waals surface area contributed by atoms with Gasteiger partial charge in [-0.3, -0.25) is 0 Å². The molecule has 0 spiro atoms. The molecule has 0 bridgehead atoms. The van der Waals surface area contributed by atoms with E-state index in [4.69, 9.17) is 19.9 Å². The summed E-state index contributed by atoms with van der Waals surface area (Å²) in [4.78, 5) is 0. The van der Waals surface area contributed by atoms with Crippen LogP contribution in [0.4, 0.5) is 0 Å². The highest BCUT2D eigenvalue weighted by atomic mass is 79.9. The molecule has 0 saturated heterocycles. The van der Waals surface area contributed by atoms with E-state index in [2.05, 4.69) is 28.1 Å². The molecule has 1 heterocycles. The van der Waals surface area contributed by atoms with Gasteiger partial charge in [0.2, 0.25) is 5.88 Å². The molecule has 8 heteroatoms. The SMILES string of the molecule is COc1cc([C@@H]2C(C#N)=C(N)Oc3cc(O)ccc32)c(Br)cc1OCc1ccccc1C#N. The summed E-state index contributed by atoms with van der Waals surface area (Å²) in [5.74, 6) is 0.741. The average molecular weight is 504 g/mol. The highest BCUT2D eigenvalue weighted by molar-refractivity contribution is 9.10. The predicted octanol–water partition coefficient (Wildman–Crippen LogP) is 4.83. The molecular formula is C25H18BrN3O4. The van der Waals surface area contributed by atoms with E-state index >= 15 is 0 Å². The van der Waals surface area contributed by atoms with Crippen LogP contribution in [0.15, 0.2) is 70.5 Å². The summed E-state index contributed by atoms with van der Waals surface area (Å²) >= 11 is 3.59. The number of phenolic OH excluding ortho intramolecular Hbond substituents is 1. The summed E-state index contributed by atoms with van der Waals surface area (Å²) in [6.07, 6.45) is 0. The Labute approximate surface area is 199 Å². The second kappa shape index (κ2) is 9.15. The van der Waals surface area contributed by atoms with Crippen LogP contribution in [0.1, 0.15) is 28.2 Å². The topological polar surface area (TPSA) is 122 Å². The van der Waals surface area contributed by atoms with E-state index in [9.17, 15) is 15.6 Å². The number of hydrogen-bond donors (Lipinski definition) is 2. The largest absolute Gasteiger partial charge is 0.508 e. The van der Waals surface area contributed by atoms with Crippen molar-refractivity contribution in [1.29, 1.82) is 10.5 Å². The van der Waals surface area contributed by atoms with Gasteiger partial charge in [-0.05, 0) is 29.8 Å². The van der Waals surface area contributed by atoms with E-state index < -0.39 is 5.92 Å². The Bertz CT molecular complexity index is 1350. The summed E-state index contributed by atoms with van der Waals surface area (Å²) in [5, 5.41) is 28.9. The number of nitrogens with two attached hydrogens (primary N) is 1. The highest BCUT2D eigenvalue weighted by Crippen LogP contribution is 2.47. The van der Waals surface area contributed by atoms with Crippen molar-refractivity contribution in [3.63, 3.8) is 0 Å². The van der Waals surface area contributed by atoms with Gasteiger partial charge in [0.1, 0.15) is 29.7 Å². The Morgan fingerprint density at radius 2 is 1.85 bits per heavy atom. The van der Waals surface area contributed by atoms with E-state index in [1.165, 1.54) is 19.2 Å². The molecule has 0 amide bonds. The fraction of sp³-hybridized carbons (Fsp3) is 0.120. The van der Waals surface area contributed by atoms with Crippen LogP contribution in [-0.2, 0) is 6.61 Å². The molecule has 1 atom stereocenters. The van der Waals surface area contributed by atoms with Crippen LogP contribution in [-0.4, -0.2) is 12.2 Å². The minimum absolute atomic E-state index is 0.0266. The molecule has 0 radical (unpaired) electrons. The van der Waals surface area contributed by atoms with Gasteiger partial charge in [-0.25, -0.2) is 0 Å². The molecule has 1 aliphatic heterocycles. The number of ether oxygens (including phenoxy) is 3. The number of methoxy groups -OCH3 is 1. The smallest absolute Gasteiger partial charge is 0.205 e. The van der Waals surface area contributed by atoms with Crippen molar-refractivity contribution in [2.45, 2.75) is 12.5 Å². The number of halogens is 1. The lowest BCUT2D eigenvalue weighted by molar-refractivity contribution is 0.284. The molecule has 3 N–H and O–H groups in total. The fourth-order valence-corrected chi connectivity index (χ4v) is 4.27. The van der Waals surface area contributed by atoms with Crippen molar-refractivity contribution in [1.82, 2.24) is 0 Å². The standard InChI is InChI=1S/C25H18BrN3O4/c1-31-22-9-18(20(26)10-23(22)32-13-15-5-3-2-4-14(15)11-27)24-17-7-6-16(30)8-21(17)33-25(29)19(24)12-28/h2-10,24,30H,13,29H2,1H3/t24-/m1/s1. The van der Waals surface area contributed by atoms with Crippen LogP contribution in [0, 0.1) is 22.7 Å². The van der Waals surface area contributed by atoms with Crippen molar-refractivity contribution < 1.29 is 19.3 Å². The number of allylic oxidation sites excluding steroid dienone is 1. The van der Waals surface area contributed by atoms with Crippen molar-refractivity contribution in [2.75, 3.05) is 7.11 Å². The third-order valence-corrected chi connectivity index (χ3v) is 6.00. The molecule has 1 aliphatic rings. The predicted molar refractivity (Wildman–Crippen MR) is 124 cm³/mol. The maximum Gasteiger partial charge on any atom is 0.205 e. The minimum atomic E-state index is -0.545. The average Bonchev–Trinajstić information content (AvgIpc) is 2.82. The van der Waals surface area contributed by atoms with Gasteiger partial charge in [-0.1, -0.05) is 40.2 Å². The van der Waals surface area contributed by atoms with Gasteiger partial charge >= 0.3 is 0 Å². The van der Waals surface area contributed by atoms with E-state index in [1.807, 2.05) is 12.1 Å². The number of phenols is 1. The van der Waals surface area contributed by atoms with Crippen molar-refractivity contribution >= 4 is 15.9 Å². The van der Waals surface area contributed by atoms with E-state index in [-0.39, 0.29) is 23.8 Å². The van der Waals surface area contributed by atoms with Crippen LogP contribution >= 0.6 is 15.9 Å². The van der Waals surface area contributed by atoms with Gasteiger partial charge < -0.3 is 25.1 Å². The van der Waals surface area contributed by atoms with Crippen LogP contribution in [0.2, 0.25) is 0 Å². The quantitative estimate of drug-likeness (QED) is 0.510. The van der Waals surface area contributed by atoms with Gasteiger partial charge in [-0.15, -0.1) is 0 Å². The molecule has 0 saturated carbocycles. The minimum Gasteiger partial charge on any atom is -0.508 e. The highest BCUT2D eigenvalue weighted by Gasteiger charge is 2.33. The van der Waals surface area contributed by atoms with Crippen molar-refractivity contribution in [3.05, 3.63) is 92.8 Å². The molecule has 0 aliphatic carbocycles. The number of fused-ring (bicyclic) bond motifs is 1. The monoisotopic (exact) mass is 503 g/mol. The molecule has 0 fully saturated rings. The van der Waals surface area contributed by atoms with Crippen LogP contribution < -0.4 is 19.9 Å². The van der Waals surface area contributed by atoms with Gasteiger partial charge in [0.05, 0.1) is 24.7 Å². The number of benzene rings is 3. The van der Waals surface area contributed by atoms with E-state index in [0.29, 0.717) is 38.4 Å².